The van der Waals surface area contributed by atoms with Crippen LogP contribution in [0.15, 0.2) is 82.6 Å². The zero-order valence-electron chi connectivity index (χ0n) is 26.1. The van der Waals surface area contributed by atoms with Gasteiger partial charge in [-0.05, 0) is 85.7 Å². The van der Waals surface area contributed by atoms with Crippen molar-refractivity contribution in [3.63, 3.8) is 0 Å². The molecule has 2 aliphatic heterocycles. The molecule has 1 aromatic heterocycles. The maximum atomic E-state index is 14.2. The number of anilines is 2. The number of para-hydroxylation sites is 1. The summed E-state index contributed by atoms with van der Waals surface area (Å²) in [6, 6.07) is 19.2. The van der Waals surface area contributed by atoms with Crippen LogP contribution >= 0.6 is 23.1 Å². The predicted octanol–water partition coefficient (Wildman–Crippen LogP) is 5.45. The minimum atomic E-state index is -0.515. The lowest BCUT2D eigenvalue weighted by Gasteiger charge is -2.43. The molecule has 3 aromatic carbocycles. The Kier molecular flexibility index (Phi) is 7.91. The van der Waals surface area contributed by atoms with E-state index in [0.29, 0.717) is 29.1 Å². The highest BCUT2D eigenvalue weighted by Crippen LogP contribution is 2.69. The molecule has 7 atom stereocenters. The normalized spacial score (nSPS) is 26.2. The van der Waals surface area contributed by atoms with E-state index < -0.39 is 29.5 Å². The SMILES string of the molecule is CCOC(=O)c1ccc(N2C(=O)C3C(C2=O)[C@@H]2C[C@H]3C3Sc4[nH]c(=O)sc4[C@H](c4ccccc4OCC(=O)Nc4ccc(F)cc4)C32)cc1. The van der Waals surface area contributed by atoms with Crippen molar-refractivity contribution in [1.82, 2.24) is 4.98 Å². The van der Waals surface area contributed by atoms with Crippen LogP contribution in [-0.4, -0.2) is 47.1 Å². The van der Waals surface area contributed by atoms with E-state index >= 15 is 0 Å². The second-order valence-electron chi connectivity index (χ2n) is 12.6. The Bertz CT molecular complexity index is 2050. The number of thioether (sulfide) groups is 1. The van der Waals surface area contributed by atoms with Crippen LogP contribution in [0.1, 0.15) is 40.1 Å². The number of ether oxygens (including phenoxy) is 2. The van der Waals surface area contributed by atoms with Gasteiger partial charge >= 0.3 is 10.8 Å². The van der Waals surface area contributed by atoms with Gasteiger partial charge < -0.3 is 19.8 Å². The number of hydrogen-bond acceptors (Lipinski definition) is 9. The molecule has 8 rings (SSSR count). The number of imide groups is 1. The number of rotatable bonds is 8. The van der Waals surface area contributed by atoms with Crippen molar-refractivity contribution < 1.29 is 33.0 Å². The maximum absolute atomic E-state index is 14.2. The molecule has 0 spiro atoms. The first-order valence-corrected chi connectivity index (χ1v) is 17.7. The van der Waals surface area contributed by atoms with Gasteiger partial charge in [0.1, 0.15) is 11.6 Å². The molecule has 2 saturated carbocycles. The van der Waals surface area contributed by atoms with Gasteiger partial charge in [-0.25, -0.2) is 9.18 Å². The second-order valence-corrected chi connectivity index (χ2v) is 14.8. The molecule has 13 heteroatoms. The van der Waals surface area contributed by atoms with E-state index in [2.05, 4.69) is 10.3 Å². The molecule has 10 nitrogen and oxygen atoms in total. The summed E-state index contributed by atoms with van der Waals surface area (Å²) < 4.78 is 24.5. The number of esters is 1. The molecule has 250 valence electrons. The molecule has 3 heterocycles. The summed E-state index contributed by atoms with van der Waals surface area (Å²) in [7, 11) is 0. The summed E-state index contributed by atoms with van der Waals surface area (Å²) in [5.41, 5.74) is 2.00. The number of halogens is 1. The highest BCUT2D eigenvalue weighted by Gasteiger charge is 2.69. The number of amides is 3. The monoisotopic (exact) mass is 699 g/mol. The highest BCUT2D eigenvalue weighted by atomic mass is 32.2. The molecule has 0 radical (unpaired) electrons. The van der Waals surface area contributed by atoms with E-state index in [1.165, 1.54) is 29.2 Å². The van der Waals surface area contributed by atoms with E-state index in [9.17, 15) is 28.4 Å². The van der Waals surface area contributed by atoms with Gasteiger partial charge in [-0.3, -0.25) is 24.1 Å². The number of thiazole rings is 1. The Hall–Kier alpha value is -4.75. The van der Waals surface area contributed by atoms with Gasteiger partial charge in [0.15, 0.2) is 6.61 Å². The summed E-state index contributed by atoms with van der Waals surface area (Å²) in [5.74, 6) is -2.89. The summed E-state index contributed by atoms with van der Waals surface area (Å²) in [5, 5.41) is 3.43. The van der Waals surface area contributed by atoms with Gasteiger partial charge in [-0.2, -0.15) is 0 Å². The summed E-state index contributed by atoms with van der Waals surface area (Å²) in [6.45, 7) is 1.66. The van der Waals surface area contributed by atoms with Crippen LogP contribution in [0.25, 0.3) is 0 Å². The third kappa shape index (κ3) is 5.26. The van der Waals surface area contributed by atoms with Gasteiger partial charge in [-0.1, -0.05) is 29.5 Å². The Labute approximate surface area is 288 Å². The van der Waals surface area contributed by atoms with Crippen LogP contribution in [0.3, 0.4) is 0 Å². The Morgan fingerprint density at radius 3 is 2.41 bits per heavy atom. The lowest BCUT2D eigenvalue weighted by Crippen LogP contribution is -2.42. The van der Waals surface area contributed by atoms with Crippen LogP contribution in [-0.2, 0) is 19.1 Å². The number of hydrogen-bond donors (Lipinski definition) is 2. The highest BCUT2D eigenvalue weighted by molar-refractivity contribution is 8.00. The minimum Gasteiger partial charge on any atom is -0.483 e. The topological polar surface area (TPSA) is 135 Å². The van der Waals surface area contributed by atoms with Crippen LogP contribution < -0.4 is 19.8 Å². The Morgan fingerprint density at radius 2 is 1.67 bits per heavy atom. The predicted molar refractivity (Wildman–Crippen MR) is 180 cm³/mol. The molecule has 4 aliphatic rings. The average molecular weight is 700 g/mol. The number of aromatic nitrogens is 1. The van der Waals surface area contributed by atoms with Crippen molar-refractivity contribution >= 4 is 58.2 Å². The van der Waals surface area contributed by atoms with Gasteiger partial charge in [0, 0.05) is 27.3 Å². The van der Waals surface area contributed by atoms with Crippen LogP contribution in [0.4, 0.5) is 15.8 Å². The average Bonchev–Trinajstić information content (AvgIpc) is 3.84. The number of benzene rings is 3. The minimum absolute atomic E-state index is 0.0354. The van der Waals surface area contributed by atoms with E-state index in [-0.39, 0.29) is 58.8 Å². The number of aromatic amines is 1. The maximum Gasteiger partial charge on any atom is 0.338 e. The first-order chi connectivity index (χ1) is 23.7. The quantitative estimate of drug-likeness (QED) is 0.183. The standard InChI is InChI=1S/C36H30FN3O7S2/c1-2-46-35(44)17-7-13-20(14-8-17)40-33(42)28-22-15-23(29(28)34(40)43)30-27(22)26(31-32(48-30)39-36(45)49-31)21-5-3-4-6-24(21)47-16-25(41)38-19-11-9-18(37)10-12-19/h3-14,22-23,26-30H,2,15-16H2,1H3,(H,38,41)(H,39,45)/t22-,23-,26-,27?,28?,29?,30?/m1/s1. The molecule has 2 bridgehead atoms. The molecule has 4 aromatic rings. The first kappa shape index (κ1) is 31.5. The molecule has 2 N–H and O–H groups in total. The molecule has 2 aliphatic carbocycles. The molecular formula is C36H30FN3O7S2. The van der Waals surface area contributed by atoms with E-state index in [0.717, 1.165) is 26.8 Å². The van der Waals surface area contributed by atoms with Crippen LogP contribution in [0, 0.1) is 35.4 Å². The fourth-order valence-corrected chi connectivity index (χ4v) is 11.2. The van der Waals surface area contributed by atoms with Gasteiger partial charge in [0.25, 0.3) is 5.91 Å². The smallest absolute Gasteiger partial charge is 0.338 e. The molecule has 3 fully saturated rings. The summed E-state index contributed by atoms with van der Waals surface area (Å²) in [4.78, 5) is 70.8. The second kappa shape index (κ2) is 12.3. The largest absolute Gasteiger partial charge is 0.483 e. The van der Waals surface area contributed by atoms with Gasteiger partial charge in [-0.15, -0.1) is 11.8 Å². The fourth-order valence-electron chi connectivity index (χ4n) is 8.32. The van der Waals surface area contributed by atoms with Crippen molar-refractivity contribution in [2.24, 2.45) is 29.6 Å². The summed E-state index contributed by atoms with van der Waals surface area (Å²) >= 11 is 2.72. The third-order valence-corrected chi connectivity index (χ3v) is 12.7. The Balaban J connectivity index is 1.09. The number of carbonyl (C=O) groups excluding carboxylic acids is 4. The van der Waals surface area contributed by atoms with Crippen molar-refractivity contribution in [2.75, 3.05) is 23.4 Å². The van der Waals surface area contributed by atoms with Gasteiger partial charge in [0.2, 0.25) is 11.8 Å². The number of H-pyrrole nitrogens is 1. The lowest BCUT2D eigenvalue weighted by molar-refractivity contribution is -0.123. The number of nitrogens with one attached hydrogen (secondary N) is 2. The lowest BCUT2D eigenvalue weighted by atomic mass is 9.68. The van der Waals surface area contributed by atoms with Crippen molar-refractivity contribution in [3.05, 3.63) is 104 Å². The molecule has 49 heavy (non-hydrogen) atoms. The van der Waals surface area contributed by atoms with E-state index in [1.54, 1.807) is 49.0 Å². The van der Waals surface area contributed by atoms with E-state index in [1.807, 2.05) is 18.2 Å². The van der Waals surface area contributed by atoms with Crippen molar-refractivity contribution in [2.45, 2.75) is 29.5 Å². The zero-order chi connectivity index (χ0) is 34.0. The Morgan fingerprint density at radius 1 is 0.959 bits per heavy atom. The summed E-state index contributed by atoms with van der Waals surface area (Å²) in [6.07, 6.45) is 0.712. The van der Waals surface area contributed by atoms with Crippen molar-refractivity contribution in [1.29, 1.82) is 0 Å². The van der Waals surface area contributed by atoms with Gasteiger partial charge in [0.05, 0.1) is 34.7 Å². The number of carbonyl (C=O) groups is 4. The van der Waals surface area contributed by atoms with E-state index in [4.69, 9.17) is 9.47 Å². The van der Waals surface area contributed by atoms with Crippen molar-refractivity contribution in [3.8, 4) is 5.75 Å². The molecular weight excluding hydrogens is 670 g/mol. The van der Waals surface area contributed by atoms with Crippen LogP contribution in [0.5, 0.6) is 5.75 Å². The number of fused-ring (bicyclic) bond motifs is 9. The molecule has 3 amide bonds. The third-order valence-electron chi connectivity index (χ3n) is 10.1. The number of nitrogens with zero attached hydrogens (tertiary/aromatic N) is 1. The zero-order valence-corrected chi connectivity index (χ0v) is 27.7. The molecule has 1 saturated heterocycles. The van der Waals surface area contributed by atoms with Crippen LogP contribution in [0.2, 0.25) is 0 Å². The molecule has 4 unspecified atom stereocenters. The fraction of sp³-hybridized carbons (Fsp3) is 0.306. The first-order valence-electron chi connectivity index (χ1n) is 16.0.